The quantitative estimate of drug-likeness (QED) is 0.834. The van der Waals surface area contributed by atoms with E-state index in [4.69, 9.17) is 5.73 Å². The van der Waals surface area contributed by atoms with E-state index in [1.807, 2.05) is 31.2 Å². The fourth-order valence-corrected chi connectivity index (χ4v) is 1.54. The maximum atomic E-state index is 11.9. The van der Waals surface area contributed by atoms with Crippen LogP contribution in [0.2, 0.25) is 0 Å². The highest BCUT2D eigenvalue weighted by atomic mass is 16.2. The molecule has 2 aromatic rings. The van der Waals surface area contributed by atoms with Crippen molar-refractivity contribution < 1.29 is 4.79 Å². The van der Waals surface area contributed by atoms with Crippen LogP contribution in [0.15, 0.2) is 30.5 Å². The molecule has 6 nitrogen and oxygen atoms in total. The van der Waals surface area contributed by atoms with Gasteiger partial charge in [-0.25, -0.2) is 0 Å². The number of nitrogens with one attached hydrogen (secondary N) is 1. The van der Waals surface area contributed by atoms with Gasteiger partial charge in [-0.1, -0.05) is 23.4 Å². The van der Waals surface area contributed by atoms with Crippen LogP contribution >= 0.6 is 0 Å². The summed E-state index contributed by atoms with van der Waals surface area (Å²) in [5, 5.41) is 10.4. The van der Waals surface area contributed by atoms with Gasteiger partial charge in [-0.15, -0.1) is 5.10 Å². The Kier molecular flexibility index (Phi) is 3.69. The third kappa shape index (κ3) is 2.72. The van der Waals surface area contributed by atoms with E-state index >= 15 is 0 Å². The van der Waals surface area contributed by atoms with Crippen molar-refractivity contribution in [2.24, 2.45) is 5.73 Å². The first kappa shape index (κ1) is 12.3. The number of hydrogen-bond acceptors (Lipinski definition) is 4. The van der Waals surface area contributed by atoms with Crippen LogP contribution < -0.4 is 11.1 Å². The molecule has 0 atom stereocenters. The van der Waals surface area contributed by atoms with Gasteiger partial charge in [-0.05, 0) is 18.6 Å². The molecule has 2 rings (SSSR count). The van der Waals surface area contributed by atoms with Gasteiger partial charge in [-0.2, -0.15) is 0 Å². The minimum absolute atomic E-state index is 0.271. The topological polar surface area (TPSA) is 85.8 Å². The minimum atomic E-state index is -0.271. The summed E-state index contributed by atoms with van der Waals surface area (Å²) >= 11 is 0. The number of aryl methyl sites for hydroxylation is 1. The Morgan fingerprint density at radius 1 is 1.44 bits per heavy atom. The van der Waals surface area contributed by atoms with Crippen LogP contribution in [0.3, 0.4) is 0 Å². The Bertz CT molecular complexity index is 549. The maximum Gasteiger partial charge on any atom is 0.277 e. The highest BCUT2D eigenvalue weighted by Gasteiger charge is 2.11. The number of anilines is 1. The van der Waals surface area contributed by atoms with Crippen LogP contribution in [-0.2, 0) is 6.54 Å². The van der Waals surface area contributed by atoms with E-state index < -0.39 is 0 Å². The number of nitrogens with zero attached hydrogens (tertiary/aromatic N) is 3. The van der Waals surface area contributed by atoms with Gasteiger partial charge in [0.05, 0.1) is 12.7 Å². The first-order valence-corrected chi connectivity index (χ1v) is 5.68. The minimum Gasteiger partial charge on any atom is -0.329 e. The molecule has 94 valence electrons. The SMILES string of the molecule is Cc1ccccc1NC(=O)c1cn(CCN)nn1. The zero-order valence-electron chi connectivity index (χ0n) is 10.1. The molecule has 18 heavy (non-hydrogen) atoms. The van der Waals surface area contributed by atoms with Crippen LogP contribution in [0, 0.1) is 6.92 Å². The molecular weight excluding hydrogens is 230 g/mol. The third-order valence-corrected chi connectivity index (χ3v) is 2.52. The fourth-order valence-electron chi connectivity index (χ4n) is 1.54. The zero-order chi connectivity index (χ0) is 13.0. The van der Waals surface area contributed by atoms with Crippen LogP contribution in [-0.4, -0.2) is 27.4 Å². The van der Waals surface area contributed by atoms with Gasteiger partial charge >= 0.3 is 0 Å². The van der Waals surface area contributed by atoms with Crippen molar-refractivity contribution in [3.63, 3.8) is 0 Å². The number of nitrogens with two attached hydrogens (primary N) is 1. The van der Waals surface area contributed by atoms with Crippen LogP contribution in [0.1, 0.15) is 16.1 Å². The molecule has 0 fully saturated rings. The van der Waals surface area contributed by atoms with E-state index in [9.17, 15) is 4.79 Å². The molecule has 0 bridgehead atoms. The summed E-state index contributed by atoms with van der Waals surface area (Å²) in [5.41, 5.74) is 7.46. The summed E-state index contributed by atoms with van der Waals surface area (Å²) in [7, 11) is 0. The Hall–Kier alpha value is -2.21. The number of aromatic nitrogens is 3. The van der Waals surface area contributed by atoms with Crippen LogP contribution in [0.25, 0.3) is 0 Å². The zero-order valence-corrected chi connectivity index (χ0v) is 10.1. The molecule has 0 aliphatic carbocycles. The lowest BCUT2D eigenvalue weighted by atomic mass is 10.2. The second kappa shape index (κ2) is 5.42. The standard InChI is InChI=1S/C12H15N5O/c1-9-4-2-3-5-10(9)14-12(18)11-8-17(7-6-13)16-15-11/h2-5,8H,6-7,13H2,1H3,(H,14,18). The van der Waals surface area contributed by atoms with E-state index in [0.29, 0.717) is 13.1 Å². The highest BCUT2D eigenvalue weighted by molar-refractivity contribution is 6.02. The van der Waals surface area contributed by atoms with Crippen molar-refractivity contribution in [3.05, 3.63) is 41.7 Å². The number of para-hydroxylation sites is 1. The lowest BCUT2D eigenvalue weighted by Crippen LogP contribution is -2.13. The van der Waals surface area contributed by atoms with Gasteiger partial charge in [0, 0.05) is 12.2 Å². The van der Waals surface area contributed by atoms with Crippen LogP contribution in [0.5, 0.6) is 0 Å². The van der Waals surface area contributed by atoms with Gasteiger partial charge < -0.3 is 11.1 Å². The third-order valence-electron chi connectivity index (χ3n) is 2.52. The molecule has 0 unspecified atom stereocenters. The molecule has 3 N–H and O–H groups in total. The molecule has 6 heteroatoms. The number of hydrogen-bond donors (Lipinski definition) is 2. The number of rotatable bonds is 4. The average Bonchev–Trinajstić information content (AvgIpc) is 2.81. The summed E-state index contributed by atoms with van der Waals surface area (Å²) in [6.07, 6.45) is 1.58. The van der Waals surface area contributed by atoms with E-state index in [0.717, 1.165) is 11.3 Å². The smallest absolute Gasteiger partial charge is 0.277 e. The van der Waals surface area contributed by atoms with E-state index in [-0.39, 0.29) is 11.6 Å². The summed E-state index contributed by atoms with van der Waals surface area (Å²) in [4.78, 5) is 11.9. The number of amides is 1. The molecule has 1 heterocycles. The molecule has 1 aromatic heterocycles. The second-order valence-corrected chi connectivity index (χ2v) is 3.92. The average molecular weight is 245 g/mol. The normalized spacial score (nSPS) is 10.3. The van der Waals surface area contributed by atoms with E-state index in [1.54, 1.807) is 10.9 Å². The largest absolute Gasteiger partial charge is 0.329 e. The summed E-state index contributed by atoms with van der Waals surface area (Å²) < 4.78 is 1.55. The van der Waals surface area contributed by atoms with Crippen molar-refractivity contribution in [2.45, 2.75) is 13.5 Å². The van der Waals surface area contributed by atoms with E-state index in [1.165, 1.54) is 0 Å². The molecule has 1 amide bonds. The molecule has 0 radical (unpaired) electrons. The van der Waals surface area contributed by atoms with Crippen LogP contribution in [0.4, 0.5) is 5.69 Å². The molecule has 0 spiro atoms. The van der Waals surface area contributed by atoms with Gasteiger partial charge in [-0.3, -0.25) is 9.48 Å². The molecule has 0 saturated heterocycles. The van der Waals surface area contributed by atoms with Gasteiger partial charge in [0.25, 0.3) is 5.91 Å². The molecular formula is C12H15N5O. The van der Waals surface area contributed by atoms with Crippen molar-refractivity contribution in [3.8, 4) is 0 Å². The number of benzene rings is 1. The summed E-state index contributed by atoms with van der Waals surface area (Å²) in [5.74, 6) is -0.271. The molecule has 0 aliphatic rings. The van der Waals surface area contributed by atoms with Crippen molar-refractivity contribution in [2.75, 3.05) is 11.9 Å². The predicted octanol–water partition coefficient (Wildman–Crippen LogP) is 0.798. The number of carbonyl (C=O) groups is 1. The summed E-state index contributed by atoms with van der Waals surface area (Å²) in [6, 6.07) is 7.56. The lowest BCUT2D eigenvalue weighted by Gasteiger charge is -2.05. The summed E-state index contributed by atoms with van der Waals surface area (Å²) in [6.45, 7) is 2.94. The Morgan fingerprint density at radius 3 is 2.94 bits per heavy atom. The highest BCUT2D eigenvalue weighted by Crippen LogP contribution is 2.13. The monoisotopic (exact) mass is 245 g/mol. The first-order valence-electron chi connectivity index (χ1n) is 5.68. The maximum absolute atomic E-state index is 11.9. The van der Waals surface area contributed by atoms with Gasteiger partial charge in [0.15, 0.2) is 5.69 Å². The Morgan fingerprint density at radius 2 is 2.22 bits per heavy atom. The second-order valence-electron chi connectivity index (χ2n) is 3.92. The fraction of sp³-hybridized carbons (Fsp3) is 0.250. The first-order chi connectivity index (χ1) is 8.70. The van der Waals surface area contributed by atoms with Crippen molar-refractivity contribution in [1.29, 1.82) is 0 Å². The predicted molar refractivity (Wildman–Crippen MR) is 68.2 cm³/mol. The molecule has 1 aromatic carbocycles. The lowest BCUT2D eigenvalue weighted by molar-refractivity contribution is 0.102. The van der Waals surface area contributed by atoms with E-state index in [2.05, 4.69) is 15.6 Å². The van der Waals surface area contributed by atoms with Gasteiger partial charge in [0.1, 0.15) is 0 Å². The molecule has 0 saturated carbocycles. The molecule has 0 aliphatic heterocycles. The van der Waals surface area contributed by atoms with Crippen molar-refractivity contribution >= 4 is 11.6 Å². The Balaban J connectivity index is 2.10. The van der Waals surface area contributed by atoms with Crippen molar-refractivity contribution in [1.82, 2.24) is 15.0 Å². The Labute approximate surface area is 105 Å². The van der Waals surface area contributed by atoms with Gasteiger partial charge in [0.2, 0.25) is 0 Å². The number of carbonyl (C=O) groups excluding carboxylic acids is 1.